The average Bonchev–Trinajstić information content (AvgIpc) is 2.84. The first-order valence-corrected chi connectivity index (χ1v) is 11.4. The lowest BCUT2D eigenvalue weighted by Gasteiger charge is -2.25. The van der Waals surface area contributed by atoms with Crippen LogP contribution in [0, 0.1) is 5.92 Å². The lowest BCUT2D eigenvalue weighted by Crippen LogP contribution is -2.26. The monoisotopic (exact) mass is 454 g/mol. The Morgan fingerprint density at radius 3 is 2.42 bits per heavy atom. The lowest BCUT2D eigenvalue weighted by molar-refractivity contribution is 0.0890. The molecule has 1 atom stereocenters. The minimum absolute atomic E-state index is 0.0684. The number of Topliss-reactive ketones (excluding diaryl/α,β-unsaturated/α-hetero) is 1. The third-order valence-corrected chi connectivity index (χ3v) is 6.27. The minimum atomic E-state index is -0.471. The van der Waals surface area contributed by atoms with Gasteiger partial charge in [0.2, 0.25) is 0 Å². The number of ether oxygens (including phenoxy) is 3. The molecule has 1 N–H and O–H groups in total. The first-order chi connectivity index (χ1) is 15.9. The fourth-order valence-electron chi connectivity index (χ4n) is 4.28. The van der Waals surface area contributed by atoms with Crippen molar-refractivity contribution in [3.63, 3.8) is 0 Å². The molecule has 3 rings (SSSR count). The molecule has 1 amide bonds. The van der Waals surface area contributed by atoms with E-state index >= 15 is 0 Å². The first kappa shape index (κ1) is 24.6. The standard InChI is InChI=1S/C26H34N2O5/c1-28(15-13-18-7-11-21(12-8-18)27-26(30)33-4)14-5-6-19-9-10-20-16-23(31-2)24(32-3)17-22(20)25(19)29/h7-8,11-12,16-17,19H,5-6,9-10,13-15H2,1-4H3,(H,27,30). The van der Waals surface area contributed by atoms with E-state index in [0.717, 1.165) is 56.3 Å². The summed E-state index contributed by atoms with van der Waals surface area (Å²) in [6.07, 6.45) is 4.11. The number of amides is 1. The van der Waals surface area contributed by atoms with Crippen LogP contribution in [0.4, 0.5) is 10.5 Å². The zero-order valence-electron chi connectivity index (χ0n) is 20.0. The summed E-state index contributed by atoms with van der Waals surface area (Å²) < 4.78 is 15.4. The van der Waals surface area contributed by atoms with E-state index in [1.807, 2.05) is 36.4 Å². The summed E-state index contributed by atoms with van der Waals surface area (Å²) in [5.74, 6) is 1.58. The number of anilines is 1. The van der Waals surface area contributed by atoms with Gasteiger partial charge in [0, 0.05) is 23.7 Å². The maximum absolute atomic E-state index is 13.0. The van der Waals surface area contributed by atoms with Gasteiger partial charge < -0.3 is 19.1 Å². The Bertz CT molecular complexity index is 958. The van der Waals surface area contributed by atoms with Crippen LogP contribution >= 0.6 is 0 Å². The largest absolute Gasteiger partial charge is 0.493 e. The normalized spacial score (nSPS) is 15.2. The Labute approximate surface area is 196 Å². The van der Waals surface area contributed by atoms with Gasteiger partial charge in [0.1, 0.15) is 0 Å². The van der Waals surface area contributed by atoms with Crippen molar-refractivity contribution in [3.05, 3.63) is 53.1 Å². The van der Waals surface area contributed by atoms with E-state index < -0.39 is 6.09 Å². The van der Waals surface area contributed by atoms with Gasteiger partial charge in [-0.15, -0.1) is 0 Å². The number of carbonyl (C=O) groups is 2. The molecule has 0 saturated heterocycles. The summed E-state index contributed by atoms with van der Waals surface area (Å²) in [6.45, 7) is 1.88. The van der Waals surface area contributed by atoms with Crippen molar-refractivity contribution < 1.29 is 23.8 Å². The molecule has 178 valence electrons. The van der Waals surface area contributed by atoms with E-state index in [2.05, 4.69) is 22.0 Å². The number of aryl methyl sites for hydroxylation is 1. The topological polar surface area (TPSA) is 77.1 Å². The van der Waals surface area contributed by atoms with Crippen LogP contribution in [0.15, 0.2) is 36.4 Å². The van der Waals surface area contributed by atoms with Gasteiger partial charge in [0.05, 0.1) is 21.3 Å². The van der Waals surface area contributed by atoms with Crippen LogP contribution in [0.5, 0.6) is 11.5 Å². The van der Waals surface area contributed by atoms with Crippen molar-refractivity contribution in [3.8, 4) is 11.5 Å². The summed E-state index contributed by atoms with van der Waals surface area (Å²) >= 11 is 0. The predicted octanol–water partition coefficient (Wildman–Crippen LogP) is 4.58. The lowest BCUT2D eigenvalue weighted by atomic mass is 9.80. The zero-order chi connectivity index (χ0) is 23.8. The van der Waals surface area contributed by atoms with E-state index in [-0.39, 0.29) is 11.7 Å². The molecule has 2 aromatic carbocycles. The van der Waals surface area contributed by atoms with Gasteiger partial charge in [-0.2, -0.15) is 0 Å². The van der Waals surface area contributed by atoms with Crippen LogP contribution in [0.25, 0.3) is 0 Å². The number of carbonyl (C=O) groups excluding carboxylic acids is 2. The van der Waals surface area contributed by atoms with E-state index in [0.29, 0.717) is 17.2 Å². The molecular formula is C26H34N2O5. The van der Waals surface area contributed by atoms with Gasteiger partial charge >= 0.3 is 6.09 Å². The van der Waals surface area contributed by atoms with Crippen LogP contribution in [0.1, 0.15) is 40.7 Å². The van der Waals surface area contributed by atoms with E-state index in [9.17, 15) is 9.59 Å². The van der Waals surface area contributed by atoms with Gasteiger partial charge in [-0.1, -0.05) is 12.1 Å². The number of hydrogen-bond donors (Lipinski definition) is 1. The third kappa shape index (κ3) is 6.48. The summed E-state index contributed by atoms with van der Waals surface area (Å²) in [6, 6.07) is 11.6. The van der Waals surface area contributed by atoms with Crippen molar-refractivity contribution in [1.29, 1.82) is 0 Å². The molecule has 1 aliphatic carbocycles. The van der Waals surface area contributed by atoms with Crippen LogP contribution < -0.4 is 14.8 Å². The Morgan fingerprint density at radius 1 is 1.06 bits per heavy atom. The molecule has 2 aromatic rings. The molecular weight excluding hydrogens is 420 g/mol. The summed E-state index contributed by atoms with van der Waals surface area (Å²) in [5.41, 5.74) is 3.76. The van der Waals surface area contributed by atoms with Gasteiger partial charge in [0.25, 0.3) is 0 Å². The Hall–Kier alpha value is -3.06. The first-order valence-electron chi connectivity index (χ1n) is 11.4. The van der Waals surface area contributed by atoms with Crippen LogP contribution in [-0.4, -0.2) is 58.2 Å². The van der Waals surface area contributed by atoms with E-state index in [1.54, 1.807) is 14.2 Å². The predicted molar refractivity (Wildman–Crippen MR) is 129 cm³/mol. The smallest absolute Gasteiger partial charge is 0.411 e. The summed E-state index contributed by atoms with van der Waals surface area (Å²) in [5, 5.41) is 2.65. The van der Waals surface area contributed by atoms with Gasteiger partial charge in [-0.25, -0.2) is 4.79 Å². The second-order valence-corrected chi connectivity index (χ2v) is 8.47. The number of rotatable bonds is 10. The molecule has 0 aliphatic heterocycles. The Balaban J connectivity index is 1.44. The second kappa shape index (κ2) is 11.7. The molecule has 0 fully saturated rings. The second-order valence-electron chi connectivity index (χ2n) is 8.47. The fourth-order valence-corrected chi connectivity index (χ4v) is 4.28. The summed E-state index contributed by atoms with van der Waals surface area (Å²) in [7, 11) is 6.67. The van der Waals surface area contributed by atoms with Crippen molar-refractivity contribution in [1.82, 2.24) is 4.90 Å². The van der Waals surface area contributed by atoms with Crippen molar-refractivity contribution in [2.45, 2.75) is 32.1 Å². The van der Waals surface area contributed by atoms with E-state index in [4.69, 9.17) is 9.47 Å². The highest BCUT2D eigenvalue weighted by Gasteiger charge is 2.28. The molecule has 33 heavy (non-hydrogen) atoms. The van der Waals surface area contributed by atoms with Crippen LogP contribution in [0.3, 0.4) is 0 Å². The number of ketones is 1. The van der Waals surface area contributed by atoms with Gasteiger partial charge in [0.15, 0.2) is 17.3 Å². The highest BCUT2D eigenvalue weighted by molar-refractivity contribution is 6.00. The Morgan fingerprint density at radius 2 is 1.76 bits per heavy atom. The van der Waals surface area contributed by atoms with E-state index in [1.165, 1.54) is 12.7 Å². The number of methoxy groups -OCH3 is 3. The molecule has 1 aliphatic rings. The van der Waals surface area contributed by atoms with Crippen molar-refractivity contribution in [2.24, 2.45) is 5.92 Å². The molecule has 0 spiro atoms. The molecule has 7 nitrogen and oxygen atoms in total. The highest BCUT2D eigenvalue weighted by Crippen LogP contribution is 2.36. The minimum Gasteiger partial charge on any atom is -0.493 e. The molecule has 0 bridgehead atoms. The number of nitrogens with zero attached hydrogens (tertiary/aromatic N) is 1. The molecule has 0 saturated carbocycles. The number of hydrogen-bond acceptors (Lipinski definition) is 6. The maximum Gasteiger partial charge on any atom is 0.411 e. The Kier molecular flexibility index (Phi) is 8.72. The van der Waals surface area contributed by atoms with Gasteiger partial charge in [-0.05, 0) is 81.1 Å². The van der Waals surface area contributed by atoms with Crippen LogP contribution in [0.2, 0.25) is 0 Å². The van der Waals surface area contributed by atoms with Gasteiger partial charge in [-0.3, -0.25) is 10.1 Å². The van der Waals surface area contributed by atoms with Crippen LogP contribution in [-0.2, 0) is 17.6 Å². The SMILES string of the molecule is COC(=O)Nc1ccc(CCN(C)CCCC2CCc3cc(OC)c(OC)cc3C2=O)cc1. The van der Waals surface area contributed by atoms with Crippen molar-refractivity contribution >= 4 is 17.6 Å². The summed E-state index contributed by atoms with van der Waals surface area (Å²) in [4.78, 5) is 26.6. The molecule has 7 heteroatoms. The quantitative estimate of drug-likeness (QED) is 0.566. The average molecular weight is 455 g/mol. The maximum atomic E-state index is 13.0. The molecule has 1 unspecified atom stereocenters. The highest BCUT2D eigenvalue weighted by atomic mass is 16.5. The zero-order valence-corrected chi connectivity index (χ0v) is 20.0. The fraction of sp³-hybridized carbons (Fsp3) is 0.462. The number of fused-ring (bicyclic) bond motifs is 1. The molecule has 0 radical (unpaired) electrons. The number of likely N-dealkylation sites (N-methyl/N-ethyl adjacent to an activating group) is 1. The molecule has 0 heterocycles. The number of benzene rings is 2. The third-order valence-electron chi connectivity index (χ3n) is 6.27. The molecule has 0 aromatic heterocycles. The number of nitrogens with one attached hydrogen (secondary N) is 1. The van der Waals surface area contributed by atoms with Crippen molar-refractivity contribution in [2.75, 3.05) is 46.8 Å².